The second kappa shape index (κ2) is 8.87. The average Bonchev–Trinajstić information content (AvgIpc) is 3.18. The lowest BCUT2D eigenvalue weighted by atomic mass is 10.2. The summed E-state index contributed by atoms with van der Waals surface area (Å²) in [5, 5.41) is 8.23. The van der Waals surface area contributed by atoms with Gasteiger partial charge in [-0.1, -0.05) is 58.8 Å². The van der Waals surface area contributed by atoms with E-state index in [1.807, 2.05) is 49.4 Å². The summed E-state index contributed by atoms with van der Waals surface area (Å²) < 4.78 is 6.89. The van der Waals surface area contributed by atoms with Gasteiger partial charge in [0.2, 0.25) is 4.96 Å². The number of hydrogen-bond acceptors (Lipinski definition) is 6. The summed E-state index contributed by atoms with van der Waals surface area (Å²) in [4.78, 5) is 29.7. The molecule has 2 aromatic heterocycles. The summed E-state index contributed by atoms with van der Waals surface area (Å²) in [6.07, 6.45) is -0.692. The molecule has 0 saturated heterocycles. The van der Waals surface area contributed by atoms with Crippen molar-refractivity contribution in [3.05, 3.63) is 81.2 Å². The molecule has 4 rings (SSSR count). The maximum absolute atomic E-state index is 12.5. The molecular weight excluding hydrogens is 436 g/mol. The number of nitrogens with zero attached hydrogens (tertiary/aromatic N) is 3. The zero-order chi connectivity index (χ0) is 22.0. The fourth-order valence-electron chi connectivity index (χ4n) is 2.89. The first kappa shape index (κ1) is 21.0. The lowest BCUT2D eigenvalue weighted by Gasteiger charge is -2.14. The Morgan fingerprint density at radius 2 is 1.97 bits per heavy atom. The molecule has 2 heterocycles. The lowest BCUT2D eigenvalue weighted by molar-refractivity contribution is -0.127. The minimum Gasteiger partial charge on any atom is -0.481 e. The number of aryl methyl sites for hydroxylation is 1. The number of amides is 1. The summed E-state index contributed by atoms with van der Waals surface area (Å²) >= 11 is 7.49. The Morgan fingerprint density at radius 3 is 2.71 bits per heavy atom. The minimum absolute atomic E-state index is 0.103. The number of carbonyl (C=O) groups excluding carboxylic acids is 1. The lowest BCUT2D eigenvalue weighted by Crippen LogP contribution is -2.36. The van der Waals surface area contributed by atoms with Gasteiger partial charge < -0.3 is 10.1 Å². The Bertz CT molecular complexity index is 1300. The predicted molar refractivity (Wildman–Crippen MR) is 121 cm³/mol. The van der Waals surface area contributed by atoms with Crippen molar-refractivity contribution in [2.45, 2.75) is 26.5 Å². The van der Waals surface area contributed by atoms with E-state index in [2.05, 4.69) is 15.4 Å². The number of aromatic nitrogens is 3. The van der Waals surface area contributed by atoms with Gasteiger partial charge in [0.25, 0.3) is 11.5 Å². The van der Waals surface area contributed by atoms with E-state index in [1.165, 1.54) is 21.9 Å². The van der Waals surface area contributed by atoms with Crippen LogP contribution in [0.5, 0.6) is 5.75 Å². The van der Waals surface area contributed by atoms with Crippen molar-refractivity contribution in [1.82, 2.24) is 19.9 Å². The molecule has 1 atom stereocenters. The Hall–Kier alpha value is -3.23. The van der Waals surface area contributed by atoms with Crippen molar-refractivity contribution in [3.8, 4) is 16.3 Å². The minimum atomic E-state index is -0.692. The van der Waals surface area contributed by atoms with Crippen LogP contribution in [0.25, 0.3) is 15.5 Å². The van der Waals surface area contributed by atoms with Crippen LogP contribution in [-0.4, -0.2) is 26.6 Å². The first-order chi connectivity index (χ1) is 14.9. The average molecular weight is 455 g/mol. The van der Waals surface area contributed by atoms with Gasteiger partial charge in [-0.3, -0.25) is 9.59 Å². The molecule has 0 aliphatic heterocycles. The molecule has 1 amide bonds. The zero-order valence-electron chi connectivity index (χ0n) is 16.8. The van der Waals surface area contributed by atoms with Gasteiger partial charge in [-0.15, -0.1) is 0 Å². The monoisotopic (exact) mass is 454 g/mol. The SMILES string of the molecule is Cc1ccc(O[C@@H](C)C(=O)NCc2cc(=O)n3nc(-c4ccccc4Cl)sc3n2)cc1. The van der Waals surface area contributed by atoms with E-state index in [0.29, 0.717) is 26.4 Å². The van der Waals surface area contributed by atoms with Crippen molar-refractivity contribution in [1.29, 1.82) is 0 Å². The summed E-state index contributed by atoms with van der Waals surface area (Å²) in [6.45, 7) is 3.75. The molecule has 0 saturated carbocycles. The van der Waals surface area contributed by atoms with Gasteiger partial charge in [0, 0.05) is 11.6 Å². The molecule has 0 fully saturated rings. The third-order valence-corrected chi connectivity index (χ3v) is 5.82. The van der Waals surface area contributed by atoms with E-state index >= 15 is 0 Å². The highest BCUT2D eigenvalue weighted by Crippen LogP contribution is 2.30. The molecule has 0 radical (unpaired) electrons. The van der Waals surface area contributed by atoms with Crippen LogP contribution in [0, 0.1) is 6.92 Å². The van der Waals surface area contributed by atoms with Crippen LogP contribution >= 0.6 is 22.9 Å². The molecule has 31 heavy (non-hydrogen) atoms. The van der Waals surface area contributed by atoms with E-state index < -0.39 is 6.10 Å². The van der Waals surface area contributed by atoms with Gasteiger partial charge in [-0.2, -0.15) is 9.61 Å². The highest BCUT2D eigenvalue weighted by atomic mass is 35.5. The summed E-state index contributed by atoms with van der Waals surface area (Å²) in [5.41, 5.74) is 1.96. The molecule has 0 unspecified atom stereocenters. The highest BCUT2D eigenvalue weighted by Gasteiger charge is 2.16. The topological polar surface area (TPSA) is 85.6 Å². The first-order valence-electron chi connectivity index (χ1n) is 9.56. The molecule has 1 N–H and O–H groups in total. The number of benzene rings is 2. The van der Waals surface area contributed by atoms with Crippen molar-refractivity contribution in [3.63, 3.8) is 0 Å². The number of hydrogen-bond donors (Lipinski definition) is 1. The molecule has 0 bridgehead atoms. The number of rotatable bonds is 6. The van der Waals surface area contributed by atoms with E-state index in [-0.39, 0.29) is 18.0 Å². The van der Waals surface area contributed by atoms with Gasteiger partial charge in [0.05, 0.1) is 17.3 Å². The zero-order valence-corrected chi connectivity index (χ0v) is 18.4. The van der Waals surface area contributed by atoms with Crippen LogP contribution in [0.15, 0.2) is 59.4 Å². The van der Waals surface area contributed by atoms with E-state index in [9.17, 15) is 9.59 Å². The maximum Gasteiger partial charge on any atom is 0.275 e. The van der Waals surface area contributed by atoms with Gasteiger partial charge in [-0.25, -0.2) is 4.98 Å². The van der Waals surface area contributed by atoms with Crippen LogP contribution in [0.1, 0.15) is 18.2 Å². The quantitative estimate of drug-likeness (QED) is 0.478. The summed E-state index contributed by atoms with van der Waals surface area (Å²) in [6, 6.07) is 16.1. The predicted octanol–water partition coefficient (Wildman–Crippen LogP) is 3.86. The van der Waals surface area contributed by atoms with Crippen LogP contribution in [-0.2, 0) is 11.3 Å². The van der Waals surface area contributed by atoms with Crippen molar-refractivity contribution in [2.24, 2.45) is 0 Å². The first-order valence-corrected chi connectivity index (χ1v) is 10.8. The number of carbonyl (C=O) groups is 1. The molecule has 9 heteroatoms. The highest BCUT2D eigenvalue weighted by molar-refractivity contribution is 7.19. The van der Waals surface area contributed by atoms with Crippen LogP contribution in [0.4, 0.5) is 0 Å². The Balaban J connectivity index is 1.47. The molecule has 7 nitrogen and oxygen atoms in total. The number of fused-ring (bicyclic) bond motifs is 1. The van der Waals surface area contributed by atoms with Crippen molar-refractivity contribution in [2.75, 3.05) is 0 Å². The van der Waals surface area contributed by atoms with Crippen LogP contribution in [0.2, 0.25) is 5.02 Å². The largest absolute Gasteiger partial charge is 0.481 e. The second-order valence-electron chi connectivity index (χ2n) is 6.96. The Kier molecular flexibility index (Phi) is 6.01. The van der Waals surface area contributed by atoms with Crippen LogP contribution < -0.4 is 15.6 Å². The number of halogens is 1. The van der Waals surface area contributed by atoms with Crippen molar-refractivity contribution < 1.29 is 9.53 Å². The Morgan fingerprint density at radius 1 is 1.23 bits per heavy atom. The van der Waals surface area contributed by atoms with Crippen LogP contribution in [0.3, 0.4) is 0 Å². The van der Waals surface area contributed by atoms with E-state index in [0.717, 1.165) is 11.1 Å². The van der Waals surface area contributed by atoms with Gasteiger partial charge in [-0.05, 0) is 32.0 Å². The standard InChI is InChI=1S/C22H19ClN4O3S/c1-13-7-9-16(10-8-13)30-14(2)20(29)24-12-15-11-19(28)27-22(25-15)31-21(26-27)17-5-3-4-6-18(17)23/h3-11,14H,12H2,1-2H3,(H,24,29)/t14-/m0/s1. The van der Waals surface area contributed by atoms with Gasteiger partial charge in [0.15, 0.2) is 6.10 Å². The smallest absolute Gasteiger partial charge is 0.275 e. The molecule has 0 aliphatic rings. The molecule has 4 aromatic rings. The number of nitrogens with one attached hydrogen (secondary N) is 1. The third kappa shape index (κ3) is 4.76. The van der Waals surface area contributed by atoms with E-state index in [1.54, 1.807) is 13.0 Å². The Labute approximate surface area is 187 Å². The number of ether oxygens (including phenoxy) is 1. The maximum atomic E-state index is 12.5. The molecular formula is C22H19ClN4O3S. The fraction of sp³-hybridized carbons (Fsp3) is 0.182. The summed E-state index contributed by atoms with van der Waals surface area (Å²) in [5.74, 6) is 0.312. The third-order valence-electron chi connectivity index (χ3n) is 4.55. The second-order valence-corrected chi connectivity index (χ2v) is 8.32. The van der Waals surface area contributed by atoms with Crippen molar-refractivity contribution >= 4 is 33.8 Å². The fourth-order valence-corrected chi connectivity index (χ4v) is 4.13. The molecule has 0 spiro atoms. The molecule has 158 valence electrons. The molecule has 0 aliphatic carbocycles. The normalized spacial score (nSPS) is 12.0. The van der Waals surface area contributed by atoms with Gasteiger partial charge >= 0.3 is 0 Å². The molecule has 2 aromatic carbocycles. The van der Waals surface area contributed by atoms with Gasteiger partial charge in [0.1, 0.15) is 10.8 Å². The summed E-state index contributed by atoms with van der Waals surface area (Å²) in [7, 11) is 0. The van der Waals surface area contributed by atoms with E-state index in [4.69, 9.17) is 16.3 Å².